The molecule has 0 amide bonds. The standard InChI is InChI=1S/C16H12F3N3O/c1-9(14-21-10(2)13(8-20)15(23)22-14)7-11-3-5-12(6-4-11)16(17,18)19/h3-7H,1-2H3,(H,21,22,23)/b9-7-. The molecular weight excluding hydrogens is 307 g/mol. The van der Waals surface area contributed by atoms with Gasteiger partial charge in [-0.15, -0.1) is 0 Å². The number of aromatic amines is 1. The number of H-pyrrole nitrogens is 1. The van der Waals surface area contributed by atoms with Crippen molar-refractivity contribution in [3.05, 3.63) is 62.8 Å². The van der Waals surface area contributed by atoms with Gasteiger partial charge in [-0.05, 0) is 43.2 Å². The van der Waals surface area contributed by atoms with Gasteiger partial charge in [0.1, 0.15) is 17.5 Å². The molecular formula is C16H12F3N3O. The van der Waals surface area contributed by atoms with Crippen molar-refractivity contribution in [3.63, 3.8) is 0 Å². The molecule has 0 aliphatic rings. The van der Waals surface area contributed by atoms with E-state index in [4.69, 9.17) is 5.26 Å². The molecule has 0 bridgehead atoms. The van der Waals surface area contributed by atoms with Crippen LogP contribution >= 0.6 is 0 Å². The van der Waals surface area contributed by atoms with Crippen LogP contribution in [0.5, 0.6) is 0 Å². The van der Waals surface area contributed by atoms with E-state index in [1.54, 1.807) is 26.0 Å². The van der Waals surface area contributed by atoms with Crippen molar-refractivity contribution in [2.24, 2.45) is 0 Å². The molecule has 0 saturated carbocycles. The van der Waals surface area contributed by atoms with Crippen LogP contribution in [0.4, 0.5) is 13.2 Å². The van der Waals surface area contributed by atoms with Gasteiger partial charge in [0.15, 0.2) is 0 Å². The zero-order valence-corrected chi connectivity index (χ0v) is 12.3. The molecule has 0 radical (unpaired) electrons. The third-order valence-corrected chi connectivity index (χ3v) is 3.21. The fourth-order valence-corrected chi connectivity index (χ4v) is 1.99. The summed E-state index contributed by atoms with van der Waals surface area (Å²) in [7, 11) is 0. The van der Waals surface area contributed by atoms with Crippen LogP contribution in [0.15, 0.2) is 29.1 Å². The van der Waals surface area contributed by atoms with Gasteiger partial charge in [0.05, 0.1) is 11.3 Å². The van der Waals surface area contributed by atoms with E-state index in [9.17, 15) is 18.0 Å². The molecule has 1 heterocycles. The van der Waals surface area contributed by atoms with E-state index in [2.05, 4.69) is 9.97 Å². The molecule has 1 aromatic carbocycles. The topological polar surface area (TPSA) is 69.5 Å². The first-order valence-corrected chi connectivity index (χ1v) is 6.59. The predicted octanol–water partition coefficient (Wildman–Crippen LogP) is 3.53. The largest absolute Gasteiger partial charge is 0.416 e. The second kappa shape index (κ2) is 6.08. The minimum Gasteiger partial charge on any atom is -0.306 e. The lowest BCUT2D eigenvalue weighted by Crippen LogP contribution is -2.16. The summed E-state index contributed by atoms with van der Waals surface area (Å²) in [6.07, 6.45) is -2.78. The van der Waals surface area contributed by atoms with E-state index in [0.29, 0.717) is 16.8 Å². The third-order valence-electron chi connectivity index (χ3n) is 3.21. The highest BCUT2D eigenvalue weighted by Gasteiger charge is 2.29. The number of aromatic nitrogens is 2. The minimum absolute atomic E-state index is 0.0592. The normalized spacial score (nSPS) is 12.1. The number of alkyl halides is 3. The van der Waals surface area contributed by atoms with E-state index in [-0.39, 0.29) is 11.4 Å². The molecule has 23 heavy (non-hydrogen) atoms. The molecule has 118 valence electrons. The molecule has 0 aliphatic carbocycles. The van der Waals surface area contributed by atoms with E-state index >= 15 is 0 Å². The minimum atomic E-state index is -4.38. The first kappa shape index (κ1) is 16.5. The van der Waals surface area contributed by atoms with E-state index < -0.39 is 17.3 Å². The Hall–Kier alpha value is -2.88. The van der Waals surface area contributed by atoms with Gasteiger partial charge in [-0.2, -0.15) is 18.4 Å². The molecule has 1 N–H and O–H groups in total. The fraction of sp³-hybridized carbons (Fsp3) is 0.188. The molecule has 1 aromatic heterocycles. The van der Waals surface area contributed by atoms with Gasteiger partial charge < -0.3 is 4.98 Å². The lowest BCUT2D eigenvalue weighted by Gasteiger charge is -2.07. The van der Waals surface area contributed by atoms with Crippen LogP contribution in [0.1, 0.15) is 35.1 Å². The zero-order chi connectivity index (χ0) is 17.2. The molecule has 0 atom stereocenters. The zero-order valence-electron chi connectivity index (χ0n) is 12.3. The second-order valence-corrected chi connectivity index (χ2v) is 4.93. The number of halogens is 3. The molecule has 0 fully saturated rings. The van der Waals surface area contributed by atoms with Crippen LogP contribution in [0, 0.1) is 18.3 Å². The summed E-state index contributed by atoms with van der Waals surface area (Å²) in [5.41, 5.74) is 0.0698. The monoisotopic (exact) mass is 319 g/mol. The van der Waals surface area contributed by atoms with Crippen LogP contribution in [0.2, 0.25) is 0 Å². The maximum Gasteiger partial charge on any atom is 0.416 e. The van der Waals surface area contributed by atoms with E-state index in [0.717, 1.165) is 12.1 Å². The van der Waals surface area contributed by atoms with Gasteiger partial charge in [-0.25, -0.2) is 4.98 Å². The molecule has 7 heteroatoms. The first-order valence-electron chi connectivity index (χ1n) is 6.59. The van der Waals surface area contributed by atoms with Crippen LogP contribution in [-0.4, -0.2) is 9.97 Å². The van der Waals surface area contributed by atoms with Gasteiger partial charge in [0.25, 0.3) is 5.56 Å². The van der Waals surface area contributed by atoms with Crippen molar-refractivity contribution < 1.29 is 13.2 Å². The number of aryl methyl sites for hydroxylation is 1. The summed E-state index contributed by atoms with van der Waals surface area (Å²) in [5, 5.41) is 8.84. The predicted molar refractivity (Wildman–Crippen MR) is 79.3 cm³/mol. The van der Waals surface area contributed by atoms with Crippen molar-refractivity contribution in [2.75, 3.05) is 0 Å². The second-order valence-electron chi connectivity index (χ2n) is 4.93. The number of allylic oxidation sites excluding steroid dienone is 1. The number of rotatable bonds is 2. The number of nitrogens with zero attached hydrogens (tertiary/aromatic N) is 2. The molecule has 0 unspecified atom stereocenters. The highest BCUT2D eigenvalue weighted by molar-refractivity contribution is 5.77. The fourth-order valence-electron chi connectivity index (χ4n) is 1.99. The Bertz CT molecular complexity index is 856. The number of nitrogens with one attached hydrogen (secondary N) is 1. The average Bonchev–Trinajstić information content (AvgIpc) is 2.46. The Morgan fingerprint density at radius 3 is 2.39 bits per heavy atom. The highest BCUT2D eigenvalue weighted by Crippen LogP contribution is 2.29. The van der Waals surface area contributed by atoms with Crippen molar-refractivity contribution in [2.45, 2.75) is 20.0 Å². The third kappa shape index (κ3) is 3.66. The van der Waals surface area contributed by atoms with Crippen LogP contribution in [0.25, 0.3) is 11.6 Å². The van der Waals surface area contributed by atoms with Crippen molar-refractivity contribution in [3.8, 4) is 6.07 Å². The van der Waals surface area contributed by atoms with Crippen molar-refractivity contribution in [1.82, 2.24) is 9.97 Å². The first-order chi connectivity index (χ1) is 10.7. The van der Waals surface area contributed by atoms with E-state index in [1.165, 1.54) is 12.1 Å². The summed E-state index contributed by atoms with van der Waals surface area (Å²) >= 11 is 0. The Balaban J connectivity index is 2.37. The summed E-state index contributed by atoms with van der Waals surface area (Å²) in [5.74, 6) is 0.270. The van der Waals surface area contributed by atoms with Gasteiger partial charge >= 0.3 is 6.18 Å². The average molecular weight is 319 g/mol. The quantitative estimate of drug-likeness (QED) is 0.920. The van der Waals surface area contributed by atoms with Crippen LogP contribution < -0.4 is 5.56 Å². The number of hydrogen-bond acceptors (Lipinski definition) is 3. The van der Waals surface area contributed by atoms with Crippen LogP contribution in [-0.2, 0) is 6.18 Å². The summed E-state index contributed by atoms with van der Waals surface area (Å²) in [6, 6.07) is 6.41. The molecule has 0 saturated heterocycles. The number of hydrogen-bond donors (Lipinski definition) is 1. The van der Waals surface area contributed by atoms with Crippen LogP contribution in [0.3, 0.4) is 0 Å². The van der Waals surface area contributed by atoms with Crippen molar-refractivity contribution >= 4 is 11.6 Å². The number of nitriles is 1. The summed E-state index contributed by atoms with van der Waals surface area (Å²) in [6.45, 7) is 3.21. The number of benzene rings is 1. The summed E-state index contributed by atoms with van der Waals surface area (Å²) in [4.78, 5) is 18.4. The van der Waals surface area contributed by atoms with Gasteiger partial charge in [0.2, 0.25) is 0 Å². The lowest BCUT2D eigenvalue weighted by molar-refractivity contribution is -0.137. The maximum atomic E-state index is 12.5. The highest BCUT2D eigenvalue weighted by atomic mass is 19.4. The Morgan fingerprint density at radius 2 is 1.91 bits per heavy atom. The molecule has 0 spiro atoms. The van der Waals surface area contributed by atoms with Gasteiger partial charge in [-0.1, -0.05) is 12.1 Å². The molecule has 0 aliphatic heterocycles. The van der Waals surface area contributed by atoms with Crippen molar-refractivity contribution in [1.29, 1.82) is 5.26 Å². The smallest absolute Gasteiger partial charge is 0.306 e. The Morgan fingerprint density at radius 1 is 1.30 bits per heavy atom. The summed E-state index contributed by atoms with van der Waals surface area (Å²) < 4.78 is 37.5. The molecule has 4 nitrogen and oxygen atoms in total. The SMILES string of the molecule is C/C(=C/c1ccc(C(F)(F)F)cc1)c1nc(C)c(C#N)c(=O)[nH]1. The Kier molecular flexibility index (Phi) is 4.36. The molecule has 2 rings (SSSR count). The maximum absolute atomic E-state index is 12.5. The van der Waals surface area contributed by atoms with Gasteiger partial charge in [0, 0.05) is 0 Å². The van der Waals surface area contributed by atoms with E-state index in [1.807, 2.05) is 0 Å². The van der Waals surface area contributed by atoms with Gasteiger partial charge in [-0.3, -0.25) is 4.79 Å². The lowest BCUT2D eigenvalue weighted by atomic mass is 10.1. The molecule has 2 aromatic rings. The Labute approximate surface area is 129 Å².